The third-order valence-electron chi connectivity index (χ3n) is 3.52. The second kappa shape index (κ2) is 11.1. The molecule has 0 aromatic heterocycles. The van der Waals surface area contributed by atoms with Gasteiger partial charge in [0.05, 0.1) is 0 Å². The van der Waals surface area contributed by atoms with Gasteiger partial charge in [-0.25, -0.2) is 0 Å². The zero-order valence-electron chi connectivity index (χ0n) is 14.5. The number of hydrogen-bond donors (Lipinski definition) is 0. The first-order chi connectivity index (χ1) is 14.6. The van der Waals surface area contributed by atoms with Gasteiger partial charge in [0.2, 0.25) is 0 Å². The van der Waals surface area contributed by atoms with Crippen LogP contribution in [0.4, 0.5) is 0 Å². The molecule has 0 radical (unpaired) electrons. The van der Waals surface area contributed by atoms with Crippen LogP contribution in [0.1, 0.15) is 0 Å². The molecule has 0 saturated heterocycles. The Morgan fingerprint density at radius 2 is 0.645 bits per heavy atom. The van der Waals surface area contributed by atoms with Crippen molar-refractivity contribution in [2.24, 2.45) is 0 Å². The number of rotatable bonds is 6. The topological polar surface area (TPSA) is 27.7 Å². The molecule has 13 heteroatoms. The molecule has 0 aliphatic heterocycles. The first kappa shape index (κ1) is 25.8. The van der Waals surface area contributed by atoms with E-state index >= 15 is 0 Å². The van der Waals surface area contributed by atoms with Crippen LogP contribution < -0.4 is 11.2 Å². The molecule has 0 unspecified atom stereocenters. The van der Waals surface area contributed by atoms with Crippen molar-refractivity contribution in [1.29, 1.82) is 0 Å². The Morgan fingerprint density at radius 1 is 0.387 bits per heavy atom. The van der Waals surface area contributed by atoms with Crippen LogP contribution in [-0.4, -0.2) is 15.7 Å². The molecule has 0 bridgehead atoms. The number of benzene rings is 3. The van der Waals surface area contributed by atoms with Gasteiger partial charge in [0.1, 0.15) is 0 Å². The Morgan fingerprint density at radius 3 is 0.903 bits per heavy atom. The summed E-state index contributed by atoms with van der Waals surface area (Å²) in [5, 5.41) is 1.28. The molecule has 0 spiro atoms. The van der Waals surface area contributed by atoms with E-state index in [1.165, 1.54) is 36.4 Å². The molecule has 3 nitrogen and oxygen atoms in total. The fourth-order valence-electron chi connectivity index (χ4n) is 2.03. The van der Waals surface area contributed by atoms with Crippen LogP contribution in [0.5, 0.6) is 17.2 Å². The van der Waals surface area contributed by atoms with Crippen molar-refractivity contribution in [3.8, 4) is 17.2 Å². The molecule has 0 aliphatic carbocycles. The summed E-state index contributed by atoms with van der Waals surface area (Å²) < 4.78 is 17.7. The van der Waals surface area contributed by atoms with Crippen LogP contribution in [-0.2, 0) is 0 Å². The molecule has 0 amide bonds. The fourth-order valence-corrected chi connectivity index (χ4v) is 6.28. The van der Waals surface area contributed by atoms with E-state index in [1.807, 2.05) is 0 Å². The molecular weight excluding hydrogens is 658 g/mol. The van der Waals surface area contributed by atoms with Gasteiger partial charge in [-0.3, -0.25) is 0 Å². The van der Waals surface area contributed by atoms with Crippen molar-refractivity contribution in [3.63, 3.8) is 0 Å². The van der Waals surface area contributed by atoms with Crippen molar-refractivity contribution in [2.75, 3.05) is 0 Å². The average molecular weight is 664 g/mol. The fraction of sp³-hybridized carbons (Fsp3) is 0. The van der Waals surface area contributed by atoms with Crippen molar-refractivity contribution < 1.29 is 11.2 Å². The molecule has 0 N–H and O–H groups in total. The molecule has 31 heavy (non-hydrogen) atoms. The maximum absolute atomic E-state index is 6.24. The Balaban J connectivity index is 1.99. The summed E-state index contributed by atoms with van der Waals surface area (Å²) in [6.07, 6.45) is 0. The van der Waals surface area contributed by atoms with Crippen molar-refractivity contribution >= 4 is 120 Å². The molecule has 3 rings (SSSR count). The predicted octanol–water partition coefficient (Wildman–Crippen LogP) is 10.1. The van der Waals surface area contributed by atoms with Crippen LogP contribution in [0.2, 0.25) is 45.2 Å². The molecule has 0 aliphatic rings. The zero-order chi connectivity index (χ0) is 22.9. The van der Waals surface area contributed by atoms with Crippen LogP contribution >= 0.6 is 104 Å². The van der Waals surface area contributed by atoms with Gasteiger partial charge in [-0.05, 0) is 0 Å². The summed E-state index contributed by atoms with van der Waals surface area (Å²) in [7, 11) is 0. The summed E-state index contributed by atoms with van der Waals surface area (Å²) in [6.45, 7) is 0. The standard InChI is InChI=1S/C18H6AsCl9O3/c20-7-1-4-10(16(26)13(7)23)29-19(30-11-5-2-8(21)14(24)17(11)27)31-12-6-3-9(22)15(25)18(12)28/h1-6H. The summed E-state index contributed by atoms with van der Waals surface area (Å²) in [6, 6.07) is 9.07. The van der Waals surface area contributed by atoms with Crippen LogP contribution in [0, 0.1) is 0 Å². The van der Waals surface area contributed by atoms with Crippen molar-refractivity contribution in [1.82, 2.24) is 0 Å². The Kier molecular flexibility index (Phi) is 9.26. The molecule has 164 valence electrons. The predicted molar refractivity (Wildman–Crippen MR) is 132 cm³/mol. The molecule has 0 atom stereocenters. The van der Waals surface area contributed by atoms with E-state index in [-0.39, 0.29) is 62.5 Å². The zero-order valence-corrected chi connectivity index (χ0v) is 23.2. The van der Waals surface area contributed by atoms with Crippen molar-refractivity contribution in [2.45, 2.75) is 0 Å². The van der Waals surface area contributed by atoms with Gasteiger partial charge < -0.3 is 0 Å². The summed E-state index contributed by atoms with van der Waals surface area (Å²) in [4.78, 5) is 0. The van der Waals surface area contributed by atoms with Gasteiger partial charge >= 0.3 is 230 Å². The first-order valence-corrected chi connectivity index (χ1v) is 13.5. The second-order valence-electron chi connectivity index (χ2n) is 5.52. The third kappa shape index (κ3) is 6.03. The Labute approximate surface area is 228 Å². The number of hydrogen-bond acceptors (Lipinski definition) is 3. The third-order valence-corrected chi connectivity index (χ3v) is 9.52. The van der Waals surface area contributed by atoms with Gasteiger partial charge in [-0.15, -0.1) is 0 Å². The van der Waals surface area contributed by atoms with E-state index < -0.39 is 15.7 Å². The van der Waals surface area contributed by atoms with Crippen LogP contribution in [0.15, 0.2) is 36.4 Å². The SMILES string of the molecule is Clc1ccc(O[As](Oc2ccc(Cl)c(Cl)c2Cl)Oc2ccc(Cl)c(Cl)c2Cl)c(Cl)c1Cl. The van der Waals surface area contributed by atoms with E-state index in [9.17, 15) is 0 Å². The summed E-state index contributed by atoms with van der Waals surface area (Å²) in [5.41, 5.74) is 0. The van der Waals surface area contributed by atoms with Crippen LogP contribution in [0.25, 0.3) is 0 Å². The molecule has 0 heterocycles. The maximum atomic E-state index is 6.24. The van der Waals surface area contributed by atoms with E-state index in [2.05, 4.69) is 0 Å². The minimum atomic E-state index is -3.25. The quantitative estimate of drug-likeness (QED) is 0.194. The van der Waals surface area contributed by atoms with Crippen molar-refractivity contribution in [3.05, 3.63) is 81.6 Å². The molecule has 0 saturated carbocycles. The Hall–Kier alpha value is 0.228. The van der Waals surface area contributed by atoms with Gasteiger partial charge in [0, 0.05) is 0 Å². The Bertz CT molecular complexity index is 1000. The summed E-state index contributed by atoms with van der Waals surface area (Å²) in [5.74, 6) is 0.510. The number of halogens is 9. The normalized spacial score (nSPS) is 11.0. The monoisotopic (exact) mass is 660 g/mol. The van der Waals surface area contributed by atoms with Gasteiger partial charge in [-0.1, -0.05) is 0 Å². The van der Waals surface area contributed by atoms with Gasteiger partial charge in [0.15, 0.2) is 0 Å². The van der Waals surface area contributed by atoms with Gasteiger partial charge in [-0.2, -0.15) is 0 Å². The van der Waals surface area contributed by atoms with E-state index in [0.717, 1.165) is 0 Å². The molecular formula is C18H6AsCl9O3. The summed E-state index contributed by atoms with van der Waals surface area (Å²) >= 11 is 51.7. The first-order valence-electron chi connectivity index (χ1n) is 7.84. The molecule has 3 aromatic carbocycles. The minimum absolute atomic E-state index is 0.0706. The molecule has 3 aromatic rings. The van der Waals surface area contributed by atoms with E-state index in [4.69, 9.17) is 116 Å². The second-order valence-corrected chi connectivity index (χ2v) is 11.1. The van der Waals surface area contributed by atoms with E-state index in [0.29, 0.717) is 0 Å². The van der Waals surface area contributed by atoms with Crippen LogP contribution in [0.3, 0.4) is 0 Å². The average Bonchev–Trinajstić information content (AvgIpc) is 2.74. The van der Waals surface area contributed by atoms with E-state index in [1.54, 1.807) is 0 Å². The van der Waals surface area contributed by atoms with Gasteiger partial charge in [0.25, 0.3) is 0 Å². The molecule has 0 fully saturated rings.